The van der Waals surface area contributed by atoms with E-state index in [9.17, 15) is 9.59 Å². The number of carbonyl (C=O) groups is 2. The predicted octanol–water partition coefficient (Wildman–Crippen LogP) is 3.49. The van der Waals surface area contributed by atoms with Crippen molar-refractivity contribution in [2.75, 3.05) is 11.5 Å². The van der Waals surface area contributed by atoms with Crippen LogP contribution in [0.15, 0.2) is 36.4 Å². The van der Waals surface area contributed by atoms with Gasteiger partial charge in [0.2, 0.25) is 5.91 Å². The van der Waals surface area contributed by atoms with Crippen molar-refractivity contribution in [3.05, 3.63) is 47.0 Å². The molecule has 22 heavy (non-hydrogen) atoms. The molecule has 0 bridgehead atoms. The maximum atomic E-state index is 11.9. The van der Waals surface area contributed by atoms with E-state index in [2.05, 4.69) is 5.32 Å². The standard InChI is InChI=1S/C16H16ClNO3S/c1-10(18-15(19)8-22-9-16(20)21)11-6-7-14(17)13-5-3-2-4-12(11)13/h2-7,10H,8-9H2,1H3,(H,18,19)(H,20,21). The highest BCUT2D eigenvalue weighted by molar-refractivity contribution is 8.00. The minimum absolute atomic E-state index is 0.0777. The lowest BCUT2D eigenvalue weighted by Gasteiger charge is -2.17. The Labute approximate surface area is 137 Å². The second-order valence-electron chi connectivity index (χ2n) is 4.86. The van der Waals surface area contributed by atoms with Crippen molar-refractivity contribution in [1.29, 1.82) is 0 Å². The molecule has 0 fully saturated rings. The molecule has 0 saturated heterocycles. The van der Waals surface area contributed by atoms with Gasteiger partial charge >= 0.3 is 5.97 Å². The molecular weight excluding hydrogens is 322 g/mol. The molecule has 1 amide bonds. The first-order valence-electron chi connectivity index (χ1n) is 6.75. The van der Waals surface area contributed by atoms with Gasteiger partial charge in [0.1, 0.15) is 0 Å². The van der Waals surface area contributed by atoms with E-state index in [0.29, 0.717) is 5.02 Å². The lowest BCUT2D eigenvalue weighted by atomic mass is 9.99. The number of carboxylic acid groups (broad SMARTS) is 1. The molecule has 1 unspecified atom stereocenters. The van der Waals surface area contributed by atoms with E-state index in [0.717, 1.165) is 28.1 Å². The van der Waals surface area contributed by atoms with Gasteiger partial charge in [-0.2, -0.15) is 0 Å². The second kappa shape index (κ2) is 7.51. The van der Waals surface area contributed by atoms with Crippen LogP contribution in [0.3, 0.4) is 0 Å². The largest absolute Gasteiger partial charge is 0.481 e. The topological polar surface area (TPSA) is 66.4 Å². The molecular formula is C16H16ClNO3S. The number of fused-ring (bicyclic) bond motifs is 1. The van der Waals surface area contributed by atoms with Crippen molar-refractivity contribution in [3.63, 3.8) is 0 Å². The smallest absolute Gasteiger partial charge is 0.313 e. The first kappa shape index (κ1) is 16.6. The maximum Gasteiger partial charge on any atom is 0.313 e. The number of amides is 1. The highest BCUT2D eigenvalue weighted by atomic mass is 35.5. The first-order valence-corrected chi connectivity index (χ1v) is 8.28. The zero-order valence-electron chi connectivity index (χ0n) is 12.0. The minimum atomic E-state index is -0.922. The number of hydrogen-bond donors (Lipinski definition) is 2. The molecule has 1 atom stereocenters. The summed E-state index contributed by atoms with van der Waals surface area (Å²) in [6.45, 7) is 1.90. The molecule has 2 aromatic rings. The number of aliphatic carboxylic acids is 1. The van der Waals surface area contributed by atoms with Crippen LogP contribution in [-0.2, 0) is 9.59 Å². The van der Waals surface area contributed by atoms with Crippen LogP contribution in [0.1, 0.15) is 18.5 Å². The molecule has 0 aliphatic heterocycles. The van der Waals surface area contributed by atoms with Crippen molar-refractivity contribution in [3.8, 4) is 0 Å². The van der Waals surface area contributed by atoms with Crippen LogP contribution in [0, 0.1) is 0 Å². The van der Waals surface area contributed by atoms with Gasteiger partial charge in [0, 0.05) is 10.4 Å². The third kappa shape index (κ3) is 4.15. The summed E-state index contributed by atoms with van der Waals surface area (Å²) < 4.78 is 0. The highest BCUT2D eigenvalue weighted by Gasteiger charge is 2.13. The van der Waals surface area contributed by atoms with Gasteiger partial charge in [-0.1, -0.05) is 41.9 Å². The third-order valence-corrected chi connectivity index (χ3v) is 4.45. The fourth-order valence-corrected chi connectivity index (χ4v) is 3.03. The summed E-state index contributed by atoms with van der Waals surface area (Å²) >= 11 is 7.27. The summed E-state index contributed by atoms with van der Waals surface area (Å²) in [4.78, 5) is 22.3. The zero-order valence-corrected chi connectivity index (χ0v) is 13.6. The van der Waals surface area contributed by atoms with E-state index in [4.69, 9.17) is 16.7 Å². The summed E-state index contributed by atoms with van der Waals surface area (Å²) in [5, 5.41) is 14.1. The van der Waals surface area contributed by atoms with Crippen LogP contribution in [0.4, 0.5) is 0 Å². The Morgan fingerprint density at radius 3 is 2.55 bits per heavy atom. The number of nitrogens with one attached hydrogen (secondary N) is 1. The molecule has 0 spiro atoms. The monoisotopic (exact) mass is 337 g/mol. The Bertz CT molecular complexity index is 705. The average Bonchev–Trinajstić information content (AvgIpc) is 2.47. The summed E-state index contributed by atoms with van der Waals surface area (Å²) in [6, 6.07) is 11.3. The average molecular weight is 338 g/mol. The van der Waals surface area contributed by atoms with Crippen LogP contribution in [0.2, 0.25) is 5.02 Å². The van der Waals surface area contributed by atoms with Crippen LogP contribution >= 0.6 is 23.4 Å². The van der Waals surface area contributed by atoms with Gasteiger partial charge in [0.05, 0.1) is 17.5 Å². The quantitative estimate of drug-likeness (QED) is 0.846. The predicted molar refractivity (Wildman–Crippen MR) is 90.5 cm³/mol. The molecule has 4 nitrogen and oxygen atoms in total. The second-order valence-corrected chi connectivity index (χ2v) is 6.25. The minimum Gasteiger partial charge on any atom is -0.481 e. The highest BCUT2D eigenvalue weighted by Crippen LogP contribution is 2.29. The molecule has 2 aromatic carbocycles. The van der Waals surface area contributed by atoms with Gasteiger partial charge in [0.25, 0.3) is 0 Å². The summed E-state index contributed by atoms with van der Waals surface area (Å²) in [5.41, 5.74) is 0.983. The van der Waals surface area contributed by atoms with E-state index >= 15 is 0 Å². The summed E-state index contributed by atoms with van der Waals surface area (Å²) in [5.74, 6) is -1.05. The van der Waals surface area contributed by atoms with E-state index in [1.807, 2.05) is 43.3 Å². The molecule has 0 aliphatic rings. The fourth-order valence-electron chi connectivity index (χ4n) is 2.26. The van der Waals surface area contributed by atoms with Crippen molar-refractivity contribution in [1.82, 2.24) is 5.32 Å². The number of thioether (sulfide) groups is 1. The van der Waals surface area contributed by atoms with Crippen LogP contribution in [0.5, 0.6) is 0 Å². The normalized spacial score (nSPS) is 12.1. The summed E-state index contributed by atoms with van der Waals surface area (Å²) in [7, 11) is 0. The van der Waals surface area contributed by atoms with E-state index in [1.54, 1.807) is 0 Å². The number of hydrogen-bond acceptors (Lipinski definition) is 3. The van der Waals surface area contributed by atoms with Crippen molar-refractivity contribution in [2.45, 2.75) is 13.0 Å². The molecule has 6 heteroatoms. The van der Waals surface area contributed by atoms with Crippen LogP contribution in [-0.4, -0.2) is 28.5 Å². The van der Waals surface area contributed by atoms with Crippen LogP contribution in [0.25, 0.3) is 10.8 Å². The van der Waals surface area contributed by atoms with E-state index < -0.39 is 5.97 Å². The number of halogens is 1. The van der Waals surface area contributed by atoms with E-state index in [1.165, 1.54) is 0 Å². The Morgan fingerprint density at radius 1 is 1.18 bits per heavy atom. The number of carboxylic acids is 1. The van der Waals surface area contributed by atoms with Crippen LogP contribution < -0.4 is 5.32 Å². The van der Waals surface area contributed by atoms with Gasteiger partial charge in [-0.3, -0.25) is 9.59 Å². The van der Waals surface area contributed by atoms with Gasteiger partial charge in [-0.05, 0) is 23.9 Å². The molecule has 0 aromatic heterocycles. The fraction of sp³-hybridized carbons (Fsp3) is 0.250. The molecule has 2 rings (SSSR count). The molecule has 0 radical (unpaired) electrons. The van der Waals surface area contributed by atoms with Gasteiger partial charge in [0.15, 0.2) is 0 Å². The SMILES string of the molecule is CC(NC(=O)CSCC(=O)O)c1ccc(Cl)c2ccccc12. The van der Waals surface area contributed by atoms with Crippen molar-refractivity contribution >= 4 is 46.0 Å². The third-order valence-electron chi connectivity index (χ3n) is 3.21. The van der Waals surface area contributed by atoms with Gasteiger partial charge < -0.3 is 10.4 Å². The Kier molecular flexibility index (Phi) is 5.69. The Balaban J connectivity index is 2.10. The Hall–Kier alpha value is -1.72. The lowest BCUT2D eigenvalue weighted by Crippen LogP contribution is -2.28. The molecule has 2 N–H and O–H groups in total. The molecule has 0 heterocycles. The molecule has 0 aliphatic carbocycles. The van der Waals surface area contributed by atoms with Gasteiger partial charge in [-0.15, -0.1) is 11.8 Å². The lowest BCUT2D eigenvalue weighted by molar-refractivity contribution is -0.133. The zero-order chi connectivity index (χ0) is 16.1. The molecule has 116 valence electrons. The number of benzene rings is 2. The van der Waals surface area contributed by atoms with E-state index in [-0.39, 0.29) is 23.5 Å². The number of carbonyl (C=O) groups excluding carboxylic acids is 1. The molecule has 0 saturated carbocycles. The number of rotatable bonds is 6. The maximum absolute atomic E-state index is 11.9. The van der Waals surface area contributed by atoms with Crippen molar-refractivity contribution in [2.24, 2.45) is 0 Å². The summed E-state index contributed by atoms with van der Waals surface area (Å²) in [6.07, 6.45) is 0. The van der Waals surface area contributed by atoms with Gasteiger partial charge in [-0.25, -0.2) is 0 Å². The van der Waals surface area contributed by atoms with Crippen molar-refractivity contribution < 1.29 is 14.7 Å². The Morgan fingerprint density at radius 2 is 1.86 bits per heavy atom. The first-order chi connectivity index (χ1) is 10.5.